The number of hydrogen-bond donors (Lipinski definition) is 4. The molecule has 0 aromatic heterocycles. The maximum absolute atomic E-state index is 13.0. The Bertz CT molecular complexity index is 940. The number of thiocarbonyl (C=S) groups is 1. The normalized spacial score (nSPS) is 16.4. The number of methoxy groups -OCH3 is 1. The molecule has 1 unspecified atom stereocenters. The number of aryl methyl sites for hydroxylation is 1. The third-order valence-electron chi connectivity index (χ3n) is 4.33. The van der Waals surface area contributed by atoms with Crippen LogP contribution in [0.1, 0.15) is 24.1 Å². The lowest BCUT2D eigenvalue weighted by Gasteiger charge is -2.30. The summed E-state index contributed by atoms with van der Waals surface area (Å²) in [4.78, 5) is 13.0. The lowest BCUT2D eigenvalue weighted by Crippen LogP contribution is -2.45. The van der Waals surface area contributed by atoms with E-state index in [1.807, 2.05) is 38.1 Å². The summed E-state index contributed by atoms with van der Waals surface area (Å²) in [6.07, 6.45) is 0. The third kappa shape index (κ3) is 4.03. The molecule has 1 atom stereocenters. The number of phenolic OH excluding ortho intramolecular Hbond substituents is 1. The zero-order valence-corrected chi connectivity index (χ0v) is 16.1. The molecule has 1 aliphatic heterocycles. The lowest BCUT2D eigenvalue weighted by molar-refractivity contribution is -0.113. The molecular weight excluding hydrogens is 362 g/mol. The predicted octanol–water partition coefficient (Wildman–Crippen LogP) is 3.14. The summed E-state index contributed by atoms with van der Waals surface area (Å²) in [6, 6.07) is 12.1. The van der Waals surface area contributed by atoms with Gasteiger partial charge in [0.2, 0.25) is 0 Å². The van der Waals surface area contributed by atoms with E-state index in [-0.39, 0.29) is 11.7 Å². The van der Waals surface area contributed by atoms with Crippen molar-refractivity contribution < 1.29 is 14.6 Å². The van der Waals surface area contributed by atoms with Crippen LogP contribution in [0.2, 0.25) is 0 Å². The van der Waals surface area contributed by atoms with E-state index in [0.29, 0.717) is 22.1 Å². The Labute approximate surface area is 163 Å². The molecule has 0 radical (unpaired) electrons. The van der Waals surface area contributed by atoms with E-state index in [2.05, 4.69) is 16.0 Å². The molecule has 1 amide bonds. The van der Waals surface area contributed by atoms with E-state index in [1.165, 1.54) is 13.2 Å². The van der Waals surface area contributed by atoms with Gasteiger partial charge in [0.25, 0.3) is 5.91 Å². The Morgan fingerprint density at radius 3 is 2.70 bits per heavy atom. The second-order valence-electron chi connectivity index (χ2n) is 6.33. The highest BCUT2D eigenvalue weighted by Crippen LogP contribution is 2.33. The first kappa shape index (κ1) is 18.7. The second-order valence-corrected chi connectivity index (χ2v) is 6.73. The molecule has 1 aliphatic rings. The van der Waals surface area contributed by atoms with Gasteiger partial charge in [0.1, 0.15) is 0 Å². The number of phenols is 1. The Kier molecular flexibility index (Phi) is 5.32. The van der Waals surface area contributed by atoms with E-state index in [1.54, 1.807) is 12.1 Å². The molecule has 27 heavy (non-hydrogen) atoms. The predicted molar refractivity (Wildman–Crippen MR) is 109 cm³/mol. The molecule has 0 saturated heterocycles. The van der Waals surface area contributed by atoms with E-state index in [0.717, 1.165) is 16.8 Å². The molecule has 3 rings (SSSR count). The second kappa shape index (κ2) is 7.67. The molecule has 0 saturated carbocycles. The molecule has 2 aromatic carbocycles. The minimum atomic E-state index is -0.474. The summed E-state index contributed by atoms with van der Waals surface area (Å²) in [7, 11) is 1.48. The van der Waals surface area contributed by atoms with Gasteiger partial charge in [-0.2, -0.15) is 0 Å². The number of carbonyl (C=O) groups excluding carboxylic acids is 1. The number of ether oxygens (including phenoxy) is 1. The number of rotatable bonds is 4. The molecule has 4 N–H and O–H groups in total. The van der Waals surface area contributed by atoms with Crippen molar-refractivity contribution in [1.29, 1.82) is 0 Å². The van der Waals surface area contributed by atoms with Crippen LogP contribution < -0.4 is 20.7 Å². The van der Waals surface area contributed by atoms with E-state index in [9.17, 15) is 9.90 Å². The molecule has 2 aromatic rings. The Balaban J connectivity index is 1.98. The SMILES string of the molecule is COc1cc(C2NC(=S)NC(C)=C2C(=O)Nc2cccc(C)c2)ccc1O. The minimum absolute atomic E-state index is 0.0317. The van der Waals surface area contributed by atoms with Gasteiger partial charge in [0.15, 0.2) is 16.6 Å². The quantitative estimate of drug-likeness (QED) is 0.607. The summed E-state index contributed by atoms with van der Waals surface area (Å²) >= 11 is 5.26. The number of carbonyl (C=O) groups is 1. The smallest absolute Gasteiger partial charge is 0.255 e. The molecule has 0 aliphatic carbocycles. The van der Waals surface area contributed by atoms with Crippen molar-refractivity contribution in [3.63, 3.8) is 0 Å². The van der Waals surface area contributed by atoms with Gasteiger partial charge in [-0.15, -0.1) is 0 Å². The maximum Gasteiger partial charge on any atom is 0.255 e. The number of allylic oxidation sites excluding steroid dienone is 1. The van der Waals surface area contributed by atoms with Crippen LogP contribution in [0.3, 0.4) is 0 Å². The molecule has 1 heterocycles. The zero-order chi connectivity index (χ0) is 19.6. The Morgan fingerprint density at radius 1 is 1.22 bits per heavy atom. The van der Waals surface area contributed by atoms with Crippen molar-refractivity contribution in [1.82, 2.24) is 10.6 Å². The molecular formula is C20H21N3O3S. The summed E-state index contributed by atoms with van der Waals surface area (Å²) in [5, 5.41) is 19.4. The first-order chi connectivity index (χ1) is 12.9. The van der Waals surface area contributed by atoms with Crippen LogP contribution in [0, 0.1) is 6.92 Å². The highest BCUT2D eigenvalue weighted by Gasteiger charge is 2.30. The largest absolute Gasteiger partial charge is 0.504 e. The van der Waals surface area contributed by atoms with Crippen LogP contribution >= 0.6 is 12.2 Å². The van der Waals surface area contributed by atoms with Gasteiger partial charge in [0.05, 0.1) is 18.7 Å². The standard InChI is InChI=1S/C20H21N3O3S/c1-11-5-4-6-14(9-11)22-19(25)17-12(2)21-20(27)23-18(17)13-7-8-15(24)16(10-13)26-3/h4-10,18,24H,1-3H3,(H,22,25)(H2,21,23,27). The summed E-state index contributed by atoms with van der Waals surface area (Å²) in [5.41, 5.74) is 3.70. The highest BCUT2D eigenvalue weighted by molar-refractivity contribution is 7.80. The topological polar surface area (TPSA) is 82.6 Å². The summed E-state index contributed by atoms with van der Waals surface area (Å²) in [5.74, 6) is 0.122. The van der Waals surface area contributed by atoms with E-state index in [4.69, 9.17) is 17.0 Å². The van der Waals surface area contributed by atoms with Crippen LogP contribution in [0.5, 0.6) is 11.5 Å². The maximum atomic E-state index is 13.0. The highest BCUT2D eigenvalue weighted by atomic mass is 32.1. The average molecular weight is 383 g/mol. The van der Waals surface area contributed by atoms with Gasteiger partial charge >= 0.3 is 0 Å². The molecule has 7 heteroatoms. The van der Waals surface area contributed by atoms with E-state index >= 15 is 0 Å². The molecule has 0 bridgehead atoms. The Morgan fingerprint density at radius 2 is 2.00 bits per heavy atom. The van der Waals surface area contributed by atoms with Crippen LogP contribution in [0.4, 0.5) is 5.69 Å². The van der Waals surface area contributed by atoms with Crippen molar-refractivity contribution in [3.8, 4) is 11.5 Å². The summed E-state index contributed by atoms with van der Waals surface area (Å²) in [6.45, 7) is 3.77. The number of hydrogen-bond acceptors (Lipinski definition) is 4. The number of amides is 1. The van der Waals surface area contributed by atoms with Crippen molar-refractivity contribution in [3.05, 3.63) is 64.9 Å². The number of benzene rings is 2. The van der Waals surface area contributed by atoms with Gasteiger partial charge in [-0.1, -0.05) is 18.2 Å². The zero-order valence-electron chi connectivity index (χ0n) is 15.3. The fourth-order valence-electron chi connectivity index (χ4n) is 3.04. The fraction of sp³-hybridized carbons (Fsp3) is 0.200. The first-order valence-corrected chi connectivity index (χ1v) is 8.83. The van der Waals surface area contributed by atoms with Gasteiger partial charge < -0.3 is 25.8 Å². The molecule has 0 fully saturated rings. The van der Waals surface area contributed by atoms with Crippen molar-refractivity contribution >= 4 is 28.9 Å². The Hall–Kier alpha value is -3.06. The number of nitrogens with one attached hydrogen (secondary N) is 3. The van der Waals surface area contributed by atoms with Crippen LogP contribution in [0.15, 0.2) is 53.7 Å². The van der Waals surface area contributed by atoms with Crippen LogP contribution in [-0.2, 0) is 4.79 Å². The summed E-state index contributed by atoms with van der Waals surface area (Å²) < 4.78 is 5.19. The van der Waals surface area contributed by atoms with Crippen molar-refractivity contribution in [2.45, 2.75) is 19.9 Å². The van der Waals surface area contributed by atoms with Crippen LogP contribution in [-0.4, -0.2) is 23.2 Å². The number of anilines is 1. The van der Waals surface area contributed by atoms with E-state index < -0.39 is 6.04 Å². The van der Waals surface area contributed by atoms with Gasteiger partial charge in [-0.3, -0.25) is 4.79 Å². The monoisotopic (exact) mass is 383 g/mol. The number of aromatic hydroxyl groups is 1. The molecule has 6 nitrogen and oxygen atoms in total. The van der Waals surface area contributed by atoms with Crippen molar-refractivity contribution in [2.75, 3.05) is 12.4 Å². The van der Waals surface area contributed by atoms with Gasteiger partial charge in [-0.25, -0.2) is 0 Å². The fourth-order valence-corrected chi connectivity index (χ4v) is 3.31. The average Bonchev–Trinajstić information content (AvgIpc) is 2.61. The van der Waals surface area contributed by atoms with Gasteiger partial charge in [0, 0.05) is 11.4 Å². The lowest BCUT2D eigenvalue weighted by atomic mass is 9.94. The molecule has 140 valence electrons. The molecule has 0 spiro atoms. The minimum Gasteiger partial charge on any atom is -0.504 e. The first-order valence-electron chi connectivity index (χ1n) is 8.42. The van der Waals surface area contributed by atoms with Crippen LogP contribution in [0.25, 0.3) is 0 Å². The van der Waals surface area contributed by atoms with Crippen molar-refractivity contribution in [2.24, 2.45) is 0 Å². The van der Waals surface area contributed by atoms with Gasteiger partial charge in [-0.05, 0) is 61.5 Å². The third-order valence-corrected chi connectivity index (χ3v) is 4.55.